The van der Waals surface area contributed by atoms with Crippen LogP contribution in [0, 0.1) is 56.7 Å². The molecular formula is C36H56O10. The summed E-state index contributed by atoms with van der Waals surface area (Å²) in [6.45, 7) is 16.0. The third-order valence-corrected chi connectivity index (χ3v) is 15.2. The van der Waals surface area contributed by atoms with E-state index < -0.39 is 53.8 Å². The number of carbonyl (C=O) groups is 3. The van der Waals surface area contributed by atoms with Gasteiger partial charge in [-0.25, -0.2) is 9.59 Å². The summed E-state index contributed by atoms with van der Waals surface area (Å²) in [7, 11) is 0. The summed E-state index contributed by atoms with van der Waals surface area (Å²) in [5.41, 5.74) is -0.0931. The topological polar surface area (TPSA) is 182 Å². The van der Waals surface area contributed by atoms with Crippen molar-refractivity contribution in [2.75, 3.05) is 0 Å². The van der Waals surface area contributed by atoms with Gasteiger partial charge >= 0.3 is 17.9 Å². The Bertz CT molecular complexity index is 1280. The number of aliphatic carboxylic acids is 2. The number of aliphatic hydroxyl groups is 4. The fourth-order valence-electron chi connectivity index (χ4n) is 11.9. The van der Waals surface area contributed by atoms with Gasteiger partial charge in [-0.15, -0.1) is 0 Å². The molecule has 5 aliphatic rings. The molecule has 5 aliphatic carbocycles. The van der Waals surface area contributed by atoms with Crippen LogP contribution in [0.1, 0.15) is 106 Å². The molecule has 0 amide bonds. The van der Waals surface area contributed by atoms with Gasteiger partial charge < -0.3 is 35.4 Å². The SMILES string of the molecule is CC1CCC2(C)CCC3(C)C(=CCC4(C)C3CCC3C(C)(C(=O)O)C(OC(=O)[C@H](O)[C@@H](O)[C@H](O)[C@H](O)C(=O)O)CCC34C)C2C1C. The molecule has 5 rings (SSSR count). The number of allylic oxidation sites excluding steroid dienone is 2. The first-order valence-electron chi connectivity index (χ1n) is 17.3. The quantitative estimate of drug-likeness (QED) is 0.173. The van der Waals surface area contributed by atoms with Gasteiger partial charge in [-0.3, -0.25) is 4.79 Å². The molecule has 0 spiro atoms. The van der Waals surface area contributed by atoms with Crippen LogP contribution in [0.4, 0.5) is 0 Å². The third-order valence-electron chi connectivity index (χ3n) is 15.2. The number of hydrogen-bond donors (Lipinski definition) is 6. The van der Waals surface area contributed by atoms with Crippen LogP contribution < -0.4 is 0 Å². The summed E-state index contributed by atoms with van der Waals surface area (Å²) < 4.78 is 5.62. The maximum Gasteiger partial charge on any atom is 0.338 e. The van der Waals surface area contributed by atoms with Crippen molar-refractivity contribution >= 4 is 17.9 Å². The molecule has 0 aliphatic heterocycles. The summed E-state index contributed by atoms with van der Waals surface area (Å²) in [6.07, 6.45) is -0.0152. The lowest BCUT2D eigenvalue weighted by Crippen LogP contribution is -2.67. The van der Waals surface area contributed by atoms with E-state index in [9.17, 15) is 39.9 Å². The van der Waals surface area contributed by atoms with Crippen molar-refractivity contribution in [1.82, 2.24) is 0 Å². The van der Waals surface area contributed by atoms with E-state index in [1.807, 2.05) is 0 Å². The second kappa shape index (κ2) is 11.6. The van der Waals surface area contributed by atoms with Gasteiger partial charge in [0.25, 0.3) is 0 Å². The minimum Gasteiger partial charge on any atom is -0.481 e. The molecule has 0 heterocycles. The van der Waals surface area contributed by atoms with Crippen molar-refractivity contribution in [2.45, 2.75) is 137 Å². The minimum absolute atomic E-state index is 0.0288. The number of carboxylic acids is 2. The molecule has 10 heteroatoms. The first-order chi connectivity index (χ1) is 21.2. The summed E-state index contributed by atoms with van der Waals surface area (Å²) in [5.74, 6) is -2.42. The van der Waals surface area contributed by atoms with E-state index in [0.29, 0.717) is 41.9 Å². The van der Waals surface area contributed by atoms with Crippen LogP contribution >= 0.6 is 0 Å². The molecular weight excluding hydrogens is 592 g/mol. The molecule has 0 radical (unpaired) electrons. The molecule has 0 aromatic carbocycles. The van der Waals surface area contributed by atoms with Crippen LogP contribution in [0.2, 0.25) is 0 Å². The lowest BCUT2D eigenvalue weighted by atomic mass is 9.33. The number of ether oxygens (including phenoxy) is 1. The van der Waals surface area contributed by atoms with E-state index in [1.54, 1.807) is 12.5 Å². The second-order valence-electron chi connectivity index (χ2n) is 17.1. The highest BCUT2D eigenvalue weighted by molar-refractivity contribution is 5.79. The maximum atomic E-state index is 13.2. The van der Waals surface area contributed by atoms with Gasteiger partial charge in [0, 0.05) is 0 Å². The van der Waals surface area contributed by atoms with Crippen molar-refractivity contribution in [3.8, 4) is 0 Å². The Hall–Kier alpha value is -2.01. The monoisotopic (exact) mass is 648 g/mol. The zero-order valence-electron chi connectivity index (χ0n) is 28.5. The van der Waals surface area contributed by atoms with E-state index in [1.165, 1.54) is 19.3 Å². The van der Waals surface area contributed by atoms with E-state index in [0.717, 1.165) is 19.3 Å². The molecule has 4 saturated carbocycles. The van der Waals surface area contributed by atoms with Crippen molar-refractivity contribution < 1.29 is 49.8 Å². The van der Waals surface area contributed by atoms with E-state index in [2.05, 4.69) is 47.6 Å². The normalized spacial score (nSPS) is 47.8. The summed E-state index contributed by atoms with van der Waals surface area (Å²) >= 11 is 0. The molecule has 11 unspecified atom stereocenters. The Kier molecular flexibility index (Phi) is 8.87. The number of rotatable bonds is 7. The Morgan fingerprint density at radius 1 is 0.783 bits per heavy atom. The molecule has 0 bridgehead atoms. The molecule has 4 fully saturated rings. The van der Waals surface area contributed by atoms with Crippen LogP contribution in [0.3, 0.4) is 0 Å². The molecule has 0 aromatic heterocycles. The highest BCUT2D eigenvalue weighted by Crippen LogP contribution is 2.75. The second-order valence-corrected chi connectivity index (χ2v) is 17.1. The Morgan fingerprint density at radius 3 is 2.00 bits per heavy atom. The van der Waals surface area contributed by atoms with Crippen molar-refractivity contribution in [3.63, 3.8) is 0 Å². The smallest absolute Gasteiger partial charge is 0.338 e. The number of carboxylic acid groups (broad SMARTS) is 2. The highest BCUT2D eigenvalue weighted by Gasteiger charge is 2.71. The van der Waals surface area contributed by atoms with Gasteiger partial charge in [0.05, 0.1) is 0 Å². The van der Waals surface area contributed by atoms with Gasteiger partial charge in [0.15, 0.2) is 12.2 Å². The lowest BCUT2D eigenvalue weighted by Gasteiger charge is -2.71. The van der Waals surface area contributed by atoms with Gasteiger partial charge in [0.2, 0.25) is 0 Å². The van der Waals surface area contributed by atoms with Gasteiger partial charge in [-0.05, 0) is 116 Å². The van der Waals surface area contributed by atoms with Crippen LogP contribution in [0.15, 0.2) is 11.6 Å². The summed E-state index contributed by atoms with van der Waals surface area (Å²) in [4.78, 5) is 37.2. The fraction of sp³-hybridized carbons (Fsp3) is 0.861. The maximum absolute atomic E-state index is 13.2. The van der Waals surface area contributed by atoms with Crippen LogP contribution in [0.25, 0.3) is 0 Å². The van der Waals surface area contributed by atoms with E-state index in [4.69, 9.17) is 9.84 Å². The van der Waals surface area contributed by atoms with Gasteiger partial charge in [0.1, 0.15) is 23.7 Å². The van der Waals surface area contributed by atoms with Crippen LogP contribution in [-0.2, 0) is 19.1 Å². The minimum atomic E-state index is -2.44. The van der Waals surface area contributed by atoms with Crippen molar-refractivity contribution in [3.05, 3.63) is 11.6 Å². The zero-order valence-corrected chi connectivity index (χ0v) is 28.5. The lowest BCUT2D eigenvalue weighted by molar-refractivity contribution is -0.233. The number of hydrogen-bond acceptors (Lipinski definition) is 8. The summed E-state index contributed by atoms with van der Waals surface area (Å²) in [6, 6.07) is 0. The van der Waals surface area contributed by atoms with Gasteiger partial charge in [-0.1, -0.05) is 53.2 Å². The van der Waals surface area contributed by atoms with Gasteiger partial charge in [-0.2, -0.15) is 0 Å². The molecule has 10 nitrogen and oxygen atoms in total. The molecule has 0 aromatic rings. The average molecular weight is 649 g/mol. The molecule has 0 saturated heterocycles. The number of fused-ring (bicyclic) bond motifs is 7. The Labute approximate surface area is 272 Å². The predicted octanol–water partition coefficient (Wildman–Crippen LogP) is 4.17. The zero-order chi connectivity index (χ0) is 34.4. The Balaban J connectivity index is 1.44. The third kappa shape index (κ3) is 4.82. The van der Waals surface area contributed by atoms with Crippen LogP contribution in [-0.4, -0.2) is 79.1 Å². The molecule has 46 heavy (non-hydrogen) atoms. The van der Waals surface area contributed by atoms with Crippen molar-refractivity contribution in [1.29, 1.82) is 0 Å². The van der Waals surface area contributed by atoms with Crippen LogP contribution in [0.5, 0.6) is 0 Å². The highest BCUT2D eigenvalue weighted by atomic mass is 16.6. The number of esters is 1. The number of carbonyl (C=O) groups excluding carboxylic acids is 1. The largest absolute Gasteiger partial charge is 0.481 e. The van der Waals surface area contributed by atoms with E-state index in [-0.39, 0.29) is 28.6 Å². The number of aliphatic hydroxyl groups excluding tert-OH is 4. The Morgan fingerprint density at radius 2 is 1.39 bits per heavy atom. The molecule has 260 valence electrons. The van der Waals surface area contributed by atoms with E-state index >= 15 is 0 Å². The summed E-state index contributed by atoms with van der Waals surface area (Å²) in [5, 5.41) is 59.9. The first kappa shape index (κ1) is 35.3. The standard InChI is InChI=1S/C36H56O10/c1-18-10-13-32(3)16-17-33(4)20(24(32)19(18)2)11-14-34(5)21(33)8-9-22-35(34,6)15-12-23(36(22,7)31(44)45)46-30(43)28(40)26(38)25(37)27(39)29(41)42/h11,18-19,21-28,37-40H,8-10,12-17H2,1-7H3,(H,41,42)(H,44,45)/t18?,19?,21?,22?,23?,24?,25-,26-,27-,28+,32?,33?,34?,35?,36?/m0/s1. The van der Waals surface area contributed by atoms with Crippen molar-refractivity contribution in [2.24, 2.45) is 56.7 Å². The fourth-order valence-corrected chi connectivity index (χ4v) is 11.9. The first-order valence-corrected chi connectivity index (χ1v) is 17.3. The average Bonchev–Trinajstić information content (AvgIpc) is 2.99. The predicted molar refractivity (Wildman–Crippen MR) is 168 cm³/mol. The molecule has 6 N–H and O–H groups in total. The molecule has 15 atom stereocenters.